The molecule has 0 spiro atoms. The van der Waals surface area contributed by atoms with E-state index < -0.39 is 5.82 Å². The summed E-state index contributed by atoms with van der Waals surface area (Å²) >= 11 is 17.6. The summed E-state index contributed by atoms with van der Waals surface area (Å²) in [5.74, 6) is -0.164. The van der Waals surface area contributed by atoms with Crippen LogP contribution in [0.25, 0.3) is 0 Å². The van der Waals surface area contributed by atoms with E-state index in [2.05, 4.69) is 0 Å². The molecular weight excluding hydrogens is 324 g/mol. The van der Waals surface area contributed by atoms with Crippen LogP contribution in [0.2, 0.25) is 15.1 Å². The summed E-state index contributed by atoms with van der Waals surface area (Å²) < 4.78 is 19.0. The van der Waals surface area contributed by atoms with Crippen LogP contribution in [0.4, 0.5) is 4.39 Å². The molecule has 0 saturated carbocycles. The zero-order valence-corrected chi connectivity index (χ0v) is 12.2. The van der Waals surface area contributed by atoms with Crippen LogP contribution in [0, 0.1) is 17.1 Å². The molecule has 2 nitrogen and oxygen atoms in total. The lowest BCUT2D eigenvalue weighted by molar-refractivity contribution is 0.300. The molecular formula is C14H7Cl3FNO. The number of nitriles is 1. The third-order valence-electron chi connectivity index (χ3n) is 2.53. The van der Waals surface area contributed by atoms with E-state index in [1.165, 1.54) is 30.3 Å². The number of benzene rings is 2. The summed E-state index contributed by atoms with van der Waals surface area (Å²) in [6, 6.07) is 8.86. The van der Waals surface area contributed by atoms with E-state index in [9.17, 15) is 4.39 Å². The van der Waals surface area contributed by atoms with Crippen molar-refractivity contribution in [2.45, 2.75) is 6.61 Å². The molecule has 0 radical (unpaired) electrons. The number of hydrogen-bond donors (Lipinski definition) is 0. The van der Waals surface area contributed by atoms with Gasteiger partial charge in [-0.25, -0.2) is 4.39 Å². The van der Waals surface area contributed by atoms with Crippen molar-refractivity contribution < 1.29 is 9.13 Å². The molecule has 0 aliphatic rings. The highest BCUT2D eigenvalue weighted by atomic mass is 35.5. The topological polar surface area (TPSA) is 33.0 Å². The van der Waals surface area contributed by atoms with Crippen LogP contribution in [0.1, 0.15) is 11.1 Å². The predicted octanol–water partition coefficient (Wildman–Crippen LogP) is 5.24. The Balaban J connectivity index is 2.21. The van der Waals surface area contributed by atoms with Crippen molar-refractivity contribution in [3.05, 3.63) is 62.3 Å². The molecule has 0 saturated heterocycles. The quantitative estimate of drug-likeness (QED) is 0.721. The highest BCUT2D eigenvalue weighted by molar-refractivity contribution is 6.43. The zero-order valence-electron chi connectivity index (χ0n) is 9.96. The summed E-state index contributed by atoms with van der Waals surface area (Å²) in [6.45, 7) is -0.0704. The van der Waals surface area contributed by atoms with Gasteiger partial charge in [-0.05, 0) is 24.3 Å². The first-order chi connectivity index (χ1) is 9.51. The first-order valence-electron chi connectivity index (χ1n) is 5.47. The second-order valence-corrected chi connectivity index (χ2v) is 5.13. The van der Waals surface area contributed by atoms with Gasteiger partial charge < -0.3 is 4.74 Å². The molecule has 2 rings (SSSR count). The van der Waals surface area contributed by atoms with Gasteiger partial charge >= 0.3 is 0 Å². The second-order valence-electron chi connectivity index (χ2n) is 3.90. The summed E-state index contributed by atoms with van der Waals surface area (Å²) in [7, 11) is 0. The van der Waals surface area contributed by atoms with Gasteiger partial charge in [0.05, 0.1) is 26.7 Å². The lowest BCUT2D eigenvalue weighted by Gasteiger charge is -2.10. The average Bonchev–Trinajstić information content (AvgIpc) is 2.43. The SMILES string of the molecule is N#Cc1ccc(F)c(COc2cc(Cl)c(Cl)cc2Cl)c1. The molecule has 2 aromatic rings. The first kappa shape index (κ1) is 14.9. The first-order valence-corrected chi connectivity index (χ1v) is 6.60. The van der Waals surface area contributed by atoms with E-state index in [0.717, 1.165) is 0 Å². The molecule has 2 aromatic carbocycles. The number of halogens is 4. The summed E-state index contributed by atoms with van der Waals surface area (Å²) in [4.78, 5) is 0. The van der Waals surface area contributed by atoms with Gasteiger partial charge in [0.15, 0.2) is 0 Å². The van der Waals surface area contributed by atoms with Crippen molar-refractivity contribution in [1.82, 2.24) is 0 Å². The largest absolute Gasteiger partial charge is 0.487 e. The minimum atomic E-state index is -0.458. The fourth-order valence-corrected chi connectivity index (χ4v) is 2.12. The van der Waals surface area contributed by atoms with Crippen LogP contribution in [0.5, 0.6) is 5.75 Å². The molecule has 102 valence electrons. The molecule has 0 aliphatic heterocycles. The van der Waals surface area contributed by atoms with E-state index in [1.807, 2.05) is 6.07 Å². The van der Waals surface area contributed by atoms with Gasteiger partial charge in [0.1, 0.15) is 18.2 Å². The summed E-state index contributed by atoms with van der Waals surface area (Å²) in [5, 5.41) is 9.65. The van der Waals surface area contributed by atoms with Crippen molar-refractivity contribution in [1.29, 1.82) is 5.26 Å². The van der Waals surface area contributed by atoms with Crippen LogP contribution >= 0.6 is 34.8 Å². The Morgan fingerprint density at radius 2 is 1.75 bits per heavy atom. The van der Waals surface area contributed by atoms with Crippen molar-refractivity contribution in [2.75, 3.05) is 0 Å². The van der Waals surface area contributed by atoms with Crippen LogP contribution in [0.15, 0.2) is 30.3 Å². The van der Waals surface area contributed by atoms with E-state index in [0.29, 0.717) is 16.3 Å². The lowest BCUT2D eigenvalue weighted by atomic mass is 10.1. The van der Waals surface area contributed by atoms with Gasteiger partial charge in [-0.15, -0.1) is 0 Å². The number of ether oxygens (including phenoxy) is 1. The van der Waals surface area contributed by atoms with Gasteiger partial charge in [-0.3, -0.25) is 0 Å². The maximum absolute atomic E-state index is 13.6. The van der Waals surface area contributed by atoms with E-state index in [4.69, 9.17) is 44.8 Å². The maximum Gasteiger partial charge on any atom is 0.139 e. The highest BCUT2D eigenvalue weighted by Crippen LogP contribution is 2.34. The molecule has 0 N–H and O–H groups in total. The van der Waals surface area contributed by atoms with Gasteiger partial charge in [-0.1, -0.05) is 34.8 Å². The Morgan fingerprint density at radius 1 is 1.05 bits per heavy atom. The normalized spacial score (nSPS) is 10.2. The highest BCUT2D eigenvalue weighted by Gasteiger charge is 2.09. The van der Waals surface area contributed by atoms with Crippen molar-refractivity contribution >= 4 is 34.8 Å². The molecule has 0 atom stereocenters. The Kier molecular flexibility index (Phi) is 4.72. The standard InChI is InChI=1S/C14H7Cl3FNO/c15-10-4-12(17)14(5-11(10)16)20-7-9-3-8(6-19)1-2-13(9)18/h1-5H,7H2. The molecule has 0 fully saturated rings. The summed E-state index contributed by atoms with van der Waals surface area (Å²) in [6.07, 6.45) is 0. The van der Waals surface area contributed by atoms with E-state index in [1.54, 1.807) is 0 Å². The number of nitrogens with zero attached hydrogens (tertiary/aromatic N) is 1. The Hall–Kier alpha value is -1.47. The zero-order chi connectivity index (χ0) is 14.7. The third-order valence-corrected chi connectivity index (χ3v) is 3.55. The van der Waals surface area contributed by atoms with Crippen molar-refractivity contribution in [3.63, 3.8) is 0 Å². The van der Waals surface area contributed by atoms with Crippen molar-refractivity contribution in [2.24, 2.45) is 0 Å². The third kappa shape index (κ3) is 3.34. The Morgan fingerprint density at radius 3 is 2.45 bits per heavy atom. The van der Waals surface area contributed by atoms with Gasteiger partial charge in [0, 0.05) is 11.6 Å². The van der Waals surface area contributed by atoms with Crippen LogP contribution in [0.3, 0.4) is 0 Å². The van der Waals surface area contributed by atoms with Crippen LogP contribution < -0.4 is 4.74 Å². The predicted molar refractivity (Wildman–Crippen MR) is 76.9 cm³/mol. The summed E-state index contributed by atoms with van der Waals surface area (Å²) in [5.41, 5.74) is 0.608. The van der Waals surface area contributed by atoms with Gasteiger partial charge in [0.2, 0.25) is 0 Å². The molecule has 6 heteroatoms. The second kappa shape index (κ2) is 6.32. The van der Waals surface area contributed by atoms with Crippen LogP contribution in [-0.4, -0.2) is 0 Å². The molecule has 20 heavy (non-hydrogen) atoms. The monoisotopic (exact) mass is 329 g/mol. The fraction of sp³-hybridized carbons (Fsp3) is 0.0714. The van der Waals surface area contributed by atoms with E-state index in [-0.39, 0.29) is 22.2 Å². The van der Waals surface area contributed by atoms with Gasteiger partial charge in [0.25, 0.3) is 0 Å². The molecule has 0 amide bonds. The Bertz CT molecular complexity index is 698. The molecule has 0 bridgehead atoms. The molecule has 0 unspecified atom stereocenters. The minimum absolute atomic E-state index is 0.0704. The molecule has 0 aliphatic carbocycles. The lowest BCUT2D eigenvalue weighted by Crippen LogP contribution is -1.99. The smallest absolute Gasteiger partial charge is 0.139 e. The number of hydrogen-bond acceptors (Lipinski definition) is 2. The van der Waals surface area contributed by atoms with Crippen LogP contribution in [-0.2, 0) is 6.61 Å². The maximum atomic E-state index is 13.6. The van der Waals surface area contributed by atoms with E-state index >= 15 is 0 Å². The molecule has 0 heterocycles. The number of rotatable bonds is 3. The van der Waals surface area contributed by atoms with Gasteiger partial charge in [-0.2, -0.15) is 5.26 Å². The average molecular weight is 331 g/mol. The fourth-order valence-electron chi connectivity index (χ4n) is 1.53. The molecule has 0 aromatic heterocycles. The van der Waals surface area contributed by atoms with Crippen molar-refractivity contribution in [3.8, 4) is 11.8 Å². The minimum Gasteiger partial charge on any atom is -0.487 e. The Labute approximate surface area is 130 Å².